The van der Waals surface area contributed by atoms with E-state index in [1.807, 2.05) is 0 Å². The quantitative estimate of drug-likeness (QED) is 0.159. The Morgan fingerprint density at radius 1 is 0.280 bits per heavy atom. The van der Waals surface area contributed by atoms with E-state index in [2.05, 4.69) is 313 Å². The molecule has 0 fully saturated rings. The standard InChI is InChI=1S/C79H50N2O/c1-4-20-51(21-5-1)53-38-42-56(43-39-53)80(55-24-8-3-9-25-55)58-46-49-73-67(50-58)76-62(59-26-12-16-36-72(59)81(73)57-44-40-54(41-45-57)52-22-6-2-7-23-52)47-48-71-77(76)66-29-11-15-34-69(66)79(71)68-33-14-10-28-65(68)75-61(30-19-35-70(75)79)64-32-18-31-63-60-27-13-17-37-74(60)82-78(63)64/h1-50H. The SMILES string of the molecule is c1ccc(-c2ccc(N(c3ccccc3)c3ccc4c(c3)-c3c(ccc5c3-c3ccccc3C53c5ccccc5-c5c(-c6cccc7c6oc6ccccc67)cccc53)-c3ccccc3N4c3ccc(-c4ccccc4)cc3)cc2)cc1. The number of nitrogens with zero attached hydrogens (tertiary/aromatic N) is 2. The van der Waals surface area contributed by atoms with Crippen LogP contribution in [0.25, 0.3) is 99.8 Å². The molecule has 1 spiro atoms. The predicted octanol–water partition coefficient (Wildman–Crippen LogP) is 21.5. The van der Waals surface area contributed by atoms with Crippen molar-refractivity contribution in [1.29, 1.82) is 0 Å². The van der Waals surface area contributed by atoms with Crippen LogP contribution in [0.5, 0.6) is 0 Å². The molecule has 382 valence electrons. The summed E-state index contributed by atoms with van der Waals surface area (Å²) in [4.78, 5) is 4.91. The number of benzene rings is 13. The van der Waals surface area contributed by atoms with Gasteiger partial charge in [0.1, 0.15) is 11.2 Å². The van der Waals surface area contributed by atoms with Gasteiger partial charge in [-0.1, -0.05) is 237 Å². The Hall–Kier alpha value is -10.7. The van der Waals surface area contributed by atoms with Gasteiger partial charge < -0.3 is 14.2 Å². The van der Waals surface area contributed by atoms with Gasteiger partial charge in [-0.15, -0.1) is 0 Å². The van der Waals surface area contributed by atoms with Crippen molar-refractivity contribution in [2.45, 2.75) is 5.41 Å². The van der Waals surface area contributed by atoms with Crippen LogP contribution in [-0.2, 0) is 5.41 Å². The molecule has 1 unspecified atom stereocenters. The molecular formula is C79H50N2O. The number of hydrogen-bond donors (Lipinski definition) is 0. The lowest BCUT2D eigenvalue weighted by Gasteiger charge is -2.31. The van der Waals surface area contributed by atoms with E-state index in [9.17, 15) is 0 Å². The van der Waals surface area contributed by atoms with Crippen molar-refractivity contribution in [3.63, 3.8) is 0 Å². The number of furan rings is 1. The molecule has 1 aliphatic heterocycles. The molecular weight excluding hydrogens is 993 g/mol. The van der Waals surface area contributed by atoms with Crippen LogP contribution in [0.4, 0.5) is 34.1 Å². The van der Waals surface area contributed by atoms with E-state index in [1.165, 1.54) is 89.0 Å². The Bertz CT molecular complexity index is 4850. The Morgan fingerprint density at radius 3 is 1.50 bits per heavy atom. The highest BCUT2D eigenvalue weighted by atomic mass is 16.3. The Kier molecular flexibility index (Phi) is 10.2. The third kappa shape index (κ3) is 6.71. The first kappa shape index (κ1) is 46.2. The molecule has 0 radical (unpaired) electrons. The zero-order valence-corrected chi connectivity index (χ0v) is 44.7. The first-order chi connectivity index (χ1) is 40.7. The van der Waals surface area contributed by atoms with Crippen molar-refractivity contribution in [2.24, 2.45) is 0 Å². The molecule has 2 aliphatic carbocycles. The average molecular weight is 1040 g/mol. The van der Waals surface area contributed by atoms with Gasteiger partial charge in [0.2, 0.25) is 0 Å². The van der Waals surface area contributed by atoms with Crippen LogP contribution in [0.1, 0.15) is 22.3 Å². The van der Waals surface area contributed by atoms with E-state index >= 15 is 0 Å². The molecule has 0 amide bonds. The molecule has 13 aromatic carbocycles. The lowest BCUT2D eigenvalue weighted by Crippen LogP contribution is -2.25. The molecule has 0 saturated heterocycles. The smallest absolute Gasteiger partial charge is 0.143 e. The summed E-state index contributed by atoms with van der Waals surface area (Å²) in [6, 6.07) is 112. The normalized spacial score (nSPS) is 14.1. The number of para-hydroxylation sites is 4. The summed E-state index contributed by atoms with van der Waals surface area (Å²) in [7, 11) is 0. The van der Waals surface area contributed by atoms with E-state index in [1.54, 1.807) is 0 Å². The minimum atomic E-state index is -0.641. The molecule has 0 bridgehead atoms. The fourth-order valence-electron chi connectivity index (χ4n) is 14.2. The van der Waals surface area contributed by atoms with Crippen molar-refractivity contribution in [2.75, 3.05) is 9.80 Å². The number of hydrogen-bond acceptors (Lipinski definition) is 3. The van der Waals surface area contributed by atoms with Crippen LogP contribution in [0.2, 0.25) is 0 Å². The molecule has 2 heterocycles. The van der Waals surface area contributed by atoms with Crippen molar-refractivity contribution in [1.82, 2.24) is 0 Å². The second-order valence-electron chi connectivity index (χ2n) is 21.8. The van der Waals surface area contributed by atoms with E-state index in [-0.39, 0.29) is 0 Å². The third-order valence-corrected chi connectivity index (χ3v) is 17.6. The second-order valence-corrected chi connectivity index (χ2v) is 21.8. The van der Waals surface area contributed by atoms with Gasteiger partial charge in [-0.3, -0.25) is 0 Å². The molecule has 14 aromatic rings. The zero-order valence-electron chi connectivity index (χ0n) is 44.7. The number of fused-ring (bicyclic) bond motifs is 19. The topological polar surface area (TPSA) is 19.6 Å². The van der Waals surface area contributed by atoms with Gasteiger partial charge in [0.05, 0.1) is 16.8 Å². The molecule has 3 heteroatoms. The maximum absolute atomic E-state index is 6.82. The predicted molar refractivity (Wildman–Crippen MR) is 340 cm³/mol. The van der Waals surface area contributed by atoms with Crippen molar-refractivity contribution in [3.05, 3.63) is 326 Å². The van der Waals surface area contributed by atoms with Gasteiger partial charge >= 0.3 is 0 Å². The molecule has 17 rings (SSSR count). The van der Waals surface area contributed by atoms with Gasteiger partial charge in [0, 0.05) is 50.2 Å². The number of rotatable bonds is 7. The summed E-state index contributed by atoms with van der Waals surface area (Å²) >= 11 is 0. The summed E-state index contributed by atoms with van der Waals surface area (Å²) in [5.74, 6) is 0. The van der Waals surface area contributed by atoms with E-state index < -0.39 is 5.41 Å². The van der Waals surface area contributed by atoms with Crippen LogP contribution in [0, 0.1) is 0 Å². The minimum absolute atomic E-state index is 0.641. The lowest BCUT2D eigenvalue weighted by molar-refractivity contribution is 0.670. The summed E-state index contributed by atoms with van der Waals surface area (Å²) < 4.78 is 6.82. The second kappa shape index (κ2) is 18.2. The van der Waals surface area contributed by atoms with Crippen LogP contribution >= 0.6 is 0 Å². The van der Waals surface area contributed by atoms with Crippen LogP contribution < -0.4 is 9.80 Å². The summed E-state index contributed by atoms with van der Waals surface area (Å²) in [5, 5.41) is 2.25. The maximum Gasteiger partial charge on any atom is 0.143 e. The minimum Gasteiger partial charge on any atom is -0.455 e. The Labute approximate surface area is 476 Å². The van der Waals surface area contributed by atoms with Crippen LogP contribution in [0.3, 0.4) is 0 Å². The monoisotopic (exact) mass is 1040 g/mol. The van der Waals surface area contributed by atoms with E-state index in [0.717, 1.165) is 67.2 Å². The summed E-state index contributed by atoms with van der Waals surface area (Å²) in [5.41, 5.74) is 29.6. The van der Waals surface area contributed by atoms with E-state index in [0.29, 0.717) is 0 Å². The highest BCUT2D eigenvalue weighted by molar-refractivity contribution is 6.14. The van der Waals surface area contributed by atoms with Crippen LogP contribution in [0.15, 0.2) is 308 Å². The average Bonchev–Trinajstić information content (AvgIpc) is 1.58. The Balaban J connectivity index is 0.944. The number of anilines is 6. The van der Waals surface area contributed by atoms with Gasteiger partial charge in [-0.05, 0) is 150 Å². The van der Waals surface area contributed by atoms with Gasteiger partial charge in [0.15, 0.2) is 0 Å². The molecule has 3 nitrogen and oxygen atoms in total. The Morgan fingerprint density at radius 2 is 0.768 bits per heavy atom. The van der Waals surface area contributed by atoms with Gasteiger partial charge in [-0.2, -0.15) is 0 Å². The summed E-state index contributed by atoms with van der Waals surface area (Å²) in [6.07, 6.45) is 0. The maximum atomic E-state index is 6.82. The third-order valence-electron chi connectivity index (χ3n) is 17.6. The molecule has 1 aromatic heterocycles. The van der Waals surface area contributed by atoms with Crippen molar-refractivity contribution in [3.8, 4) is 77.9 Å². The van der Waals surface area contributed by atoms with Gasteiger partial charge in [0.25, 0.3) is 0 Å². The molecule has 3 aliphatic rings. The first-order valence-electron chi connectivity index (χ1n) is 28.3. The fourth-order valence-corrected chi connectivity index (χ4v) is 14.2. The zero-order chi connectivity index (χ0) is 53.9. The lowest BCUT2D eigenvalue weighted by atomic mass is 9.70. The van der Waals surface area contributed by atoms with Crippen molar-refractivity contribution >= 4 is 56.1 Å². The highest BCUT2D eigenvalue weighted by Gasteiger charge is 2.53. The molecule has 0 N–H and O–H groups in total. The van der Waals surface area contributed by atoms with E-state index in [4.69, 9.17) is 4.42 Å². The molecule has 1 atom stereocenters. The highest BCUT2D eigenvalue weighted by Crippen LogP contribution is 2.67. The fraction of sp³-hybridized carbons (Fsp3) is 0.0127. The first-order valence-corrected chi connectivity index (χ1v) is 28.3. The van der Waals surface area contributed by atoms with Gasteiger partial charge in [-0.25, -0.2) is 0 Å². The largest absolute Gasteiger partial charge is 0.455 e. The molecule has 82 heavy (non-hydrogen) atoms. The van der Waals surface area contributed by atoms with Crippen LogP contribution in [-0.4, -0.2) is 0 Å². The van der Waals surface area contributed by atoms with Crippen molar-refractivity contribution < 1.29 is 4.42 Å². The summed E-state index contributed by atoms with van der Waals surface area (Å²) in [6.45, 7) is 0. The molecule has 0 saturated carbocycles.